The van der Waals surface area contributed by atoms with Crippen LogP contribution < -0.4 is 5.32 Å². The summed E-state index contributed by atoms with van der Waals surface area (Å²) in [6, 6.07) is 15.2. The third kappa shape index (κ3) is 4.29. The van der Waals surface area contributed by atoms with E-state index in [4.69, 9.17) is 11.6 Å². The van der Waals surface area contributed by atoms with Gasteiger partial charge in [0, 0.05) is 17.1 Å². The topological polar surface area (TPSA) is 12.0 Å². The maximum absolute atomic E-state index is 13.1. The number of halogens is 2. The third-order valence-electron chi connectivity index (χ3n) is 3.76. The molecule has 0 aliphatic carbocycles. The molecule has 0 amide bonds. The van der Waals surface area contributed by atoms with E-state index in [1.807, 2.05) is 24.3 Å². The second kappa shape index (κ2) is 7.58. The first-order valence-electron chi connectivity index (χ1n) is 7.41. The maximum Gasteiger partial charge on any atom is 0.123 e. The minimum atomic E-state index is -0.196. The number of nitrogens with one attached hydrogen (secondary N) is 1. The molecule has 2 atom stereocenters. The highest BCUT2D eigenvalue weighted by molar-refractivity contribution is 6.30. The Balaban J connectivity index is 2.15. The SMILES string of the molecule is CCC(NC(CC)c1ccc(Cl)cc1)c1ccc(F)cc1. The lowest BCUT2D eigenvalue weighted by Crippen LogP contribution is -2.25. The first kappa shape index (κ1) is 16.0. The molecule has 1 N–H and O–H groups in total. The van der Waals surface area contributed by atoms with Crippen LogP contribution in [0.2, 0.25) is 5.02 Å². The summed E-state index contributed by atoms with van der Waals surface area (Å²) < 4.78 is 13.1. The molecule has 0 radical (unpaired) electrons. The summed E-state index contributed by atoms with van der Waals surface area (Å²) in [5, 5.41) is 4.41. The number of benzene rings is 2. The molecule has 2 rings (SSSR count). The Hall–Kier alpha value is -1.38. The first-order chi connectivity index (χ1) is 10.1. The van der Waals surface area contributed by atoms with Gasteiger partial charge in [-0.1, -0.05) is 49.7 Å². The molecular weight excluding hydrogens is 285 g/mol. The number of hydrogen-bond acceptors (Lipinski definition) is 1. The molecule has 0 bridgehead atoms. The molecule has 0 saturated carbocycles. The van der Waals surface area contributed by atoms with Crippen molar-refractivity contribution in [2.24, 2.45) is 0 Å². The Bertz CT molecular complexity index is 499. The summed E-state index contributed by atoms with van der Waals surface area (Å²) in [6.07, 6.45) is 1.94. The molecule has 112 valence electrons. The van der Waals surface area contributed by atoms with E-state index in [1.54, 1.807) is 0 Å². The third-order valence-corrected chi connectivity index (χ3v) is 4.02. The molecule has 0 heterocycles. The van der Waals surface area contributed by atoms with Crippen molar-refractivity contribution in [2.45, 2.75) is 38.8 Å². The van der Waals surface area contributed by atoms with E-state index in [2.05, 4.69) is 31.3 Å². The van der Waals surface area contributed by atoms with Crippen LogP contribution in [0.5, 0.6) is 0 Å². The number of hydrogen-bond donors (Lipinski definition) is 1. The number of rotatable bonds is 6. The summed E-state index contributed by atoms with van der Waals surface area (Å²) in [5.74, 6) is -0.196. The van der Waals surface area contributed by atoms with Gasteiger partial charge in [0.2, 0.25) is 0 Å². The fourth-order valence-electron chi connectivity index (χ4n) is 2.53. The highest BCUT2D eigenvalue weighted by Crippen LogP contribution is 2.25. The summed E-state index contributed by atoms with van der Waals surface area (Å²) in [5.41, 5.74) is 2.34. The van der Waals surface area contributed by atoms with Gasteiger partial charge in [-0.05, 0) is 48.2 Å². The quantitative estimate of drug-likeness (QED) is 0.725. The molecule has 0 aliphatic heterocycles. The average Bonchev–Trinajstić information content (AvgIpc) is 2.51. The predicted octanol–water partition coefficient (Wildman–Crippen LogP) is 5.67. The lowest BCUT2D eigenvalue weighted by atomic mass is 9.99. The molecule has 21 heavy (non-hydrogen) atoms. The van der Waals surface area contributed by atoms with E-state index in [9.17, 15) is 4.39 Å². The van der Waals surface area contributed by atoms with Crippen molar-refractivity contribution in [3.63, 3.8) is 0 Å². The van der Waals surface area contributed by atoms with E-state index in [0.29, 0.717) is 0 Å². The minimum absolute atomic E-state index is 0.196. The van der Waals surface area contributed by atoms with Crippen molar-refractivity contribution >= 4 is 11.6 Å². The van der Waals surface area contributed by atoms with E-state index in [1.165, 1.54) is 17.7 Å². The predicted molar refractivity (Wildman–Crippen MR) is 87.1 cm³/mol. The van der Waals surface area contributed by atoms with E-state index in [0.717, 1.165) is 23.4 Å². The zero-order chi connectivity index (χ0) is 15.2. The summed E-state index contributed by atoms with van der Waals surface area (Å²) in [6.45, 7) is 4.29. The molecule has 2 unspecified atom stereocenters. The molecule has 3 heteroatoms. The molecule has 0 spiro atoms. The van der Waals surface area contributed by atoms with Gasteiger partial charge < -0.3 is 5.32 Å². The second-order valence-corrected chi connectivity index (χ2v) is 5.63. The van der Waals surface area contributed by atoms with Crippen LogP contribution in [0.1, 0.15) is 49.9 Å². The van der Waals surface area contributed by atoms with Crippen LogP contribution in [0.15, 0.2) is 48.5 Å². The average molecular weight is 306 g/mol. The van der Waals surface area contributed by atoms with Crippen molar-refractivity contribution in [3.8, 4) is 0 Å². The van der Waals surface area contributed by atoms with Gasteiger partial charge in [0.05, 0.1) is 0 Å². The monoisotopic (exact) mass is 305 g/mol. The molecular formula is C18H21ClFN. The molecule has 0 fully saturated rings. The largest absolute Gasteiger partial charge is 0.303 e. The zero-order valence-electron chi connectivity index (χ0n) is 12.4. The summed E-state index contributed by atoms with van der Waals surface area (Å²) >= 11 is 5.95. The van der Waals surface area contributed by atoms with Gasteiger partial charge in [0.25, 0.3) is 0 Å². The van der Waals surface area contributed by atoms with Crippen molar-refractivity contribution in [1.82, 2.24) is 5.32 Å². The van der Waals surface area contributed by atoms with Crippen molar-refractivity contribution < 1.29 is 4.39 Å². The van der Waals surface area contributed by atoms with Crippen LogP contribution in [-0.4, -0.2) is 0 Å². The van der Waals surface area contributed by atoms with Crippen LogP contribution in [0.3, 0.4) is 0 Å². The van der Waals surface area contributed by atoms with Gasteiger partial charge in [-0.25, -0.2) is 4.39 Å². The van der Waals surface area contributed by atoms with Crippen LogP contribution in [0.25, 0.3) is 0 Å². The highest BCUT2D eigenvalue weighted by Gasteiger charge is 2.16. The standard InChI is InChI=1S/C18H21ClFN/c1-3-17(13-5-9-15(19)10-6-13)21-18(4-2)14-7-11-16(20)12-8-14/h5-12,17-18,21H,3-4H2,1-2H3. The smallest absolute Gasteiger partial charge is 0.123 e. The lowest BCUT2D eigenvalue weighted by Gasteiger charge is -2.25. The van der Waals surface area contributed by atoms with Gasteiger partial charge >= 0.3 is 0 Å². The molecule has 0 saturated heterocycles. The Morgan fingerprint density at radius 2 is 1.29 bits per heavy atom. The molecule has 2 aromatic rings. The Labute approximate surface area is 131 Å². The molecule has 2 aromatic carbocycles. The minimum Gasteiger partial charge on any atom is -0.303 e. The lowest BCUT2D eigenvalue weighted by molar-refractivity contribution is 0.425. The van der Waals surface area contributed by atoms with Crippen LogP contribution in [0.4, 0.5) is 4.39 Å². The van der Waals surface area contributed by atoms with Crippen molar-refractivity contribution in [3.05, 3.63) is 70.5 Å². The highest BCUT2D eigenvalue weighted by atomic mass is 35.5. The Kier molecular flexibility index (Phi) is 5.77. The van der Waals surface area contributed by atoms with E-state index < -0.39 is 0 Å². The first-order valence-corrected chi connectivity index (χ1v) is 7.78. The Morgan fingerprint density at radius 3 is 1.71 bits per heavy atom. The maximum atomic E-state index is 13.1. The molecule has 0 aliphatic rings. The van der Waals surface area contributed by atoms with Gasteiger partial charge in [-0.15, -0.1) is 0 Å². The van der Waals surface area contributed by atoms with E-state index >= 15 is 0 Å². The summed E-state index contributed by atoms with van der Waals surface area (Å²) in [4.78, 5) is 0. The van der Waals surface area contributed by atoms with Crippen molar-refractivity contribution in [2.75, 3.05) is 0 Å². The molecule has 0 aromatic heterocycles. The van der Waals surface area contributed by atoms with Crippen LogP contribution in [-0.2, 0) is 0 Å². The van der Waals surface area contributed by atoms with Gasteiger partial charge in [0.15, 0.2) is 0 Å². The van der Waals surface area contributed by atoms with Crippen LogP contribution in [0, 0.1) is 5.82 Å². The Morgan fingerprint density at radius 1 is 0.857 bits per heavy atom. The van der Waals surface area contributed by atoms with Gasteiger partial charge in [-0.3, -0.25) is 0 Å². The van der Waals surface area contributed by atoms with Crippen molar-refractivity contribution in [1.29, 1.82) is 0 Å². The van der Waals surface area contributed by atoms with Crippen LogP contribution >= 0.6 is 11.6 Å². The molecule has 1 nitrogen and oxygen atoms in total. The summed E-state index contributed by atoms with van der Waals surface area (Å²) in [7, 11) is 0. The van der Waals surface area contributed by atoms with Gasteiger partial charge in [0.1, 0.15) is 5.82 Å². The fourth-order valence-corrected chi connectivity index (χ4v) is 2.66. The normalized spacial score (nSPS) is 13.9. The zero-order valence-corrected chi connectivity index (χ0v) is 13.2. The fraction of sp³-hybridized carbons (Fsp3) is 0.333. The van der Waals surface area contributed by atoms with E-state index in [-0.39, 0.29) is 17.9 Å². The van der Waals surface area contributed by atoms with Gasteiger partial charge in [-0.2, -0.15) is 0 Å². The second-order valence-electron chi connectivity index (χ2n) is 5.19.